The molecule has 6 nitrogen and oxygen atoms in total. The summed E-state index contributed by atoms with van der Waals surface area (Å²) in [5.74, 6) is -1.69. The molecule has 1 spiro atoms. The molecule has 1 saturated heterocycles. The zero-order valence-electron chi connectivity index (χ0n) is 17.0. The van der Waals surface area contributed by atoms with Crippen LogP contribution < -0.4 is 5.32 Å². The Morgan fingerprint density at radius 2 is 1.70 bits per heavy atom. The van der Waals surface area contributed by atoms with Crippen LogP contribution in [-0.2, 0) is 9.59 Å². The maximum atomic E-state index is 13.1. The lowest BCUT2D eigenvalue weighted by Crippen LogP contribution is -2.52. The van der Waals surface area contributed by atoms with Crippen molar-refractivity contribution in [2.45, 2.75) is 63.8 Å². The first-order valence-electron chi connectivity index (χ1n) is 10.6. The van der Waals surface area contributed by atoms with Crippen LogP contribution in [0.3, 0.4) is 0 Å². The third-order valence-corrected chi connectivity index (χ3v) is 7.22. The Morgan fingerprint density at radius 3 is 2.30 bits per heavy atom. The molecule has 1 heterocycles. The first-order chi connectivity index (χ1) is 14.3. The first-order valence-corrected chi connectivity index (χ1v) is 11.3. The number of carbonyl (C=O) groups excluding carboxylic acids is 2. The molecular formula is C22H28Cl2N2O4. The molecule has 0 unspecified atom stereocenters. The minimum absolute atomic E-state index is 0.0445. The number of likely N-dealkylation sites (tertiary alicyclic amines) is 1. The summed E-state index contributed by atoms with van der Waals surface area (Å²) in [6.45, 7) is 1.32. The Balaban J connectivity index is 1.66. The second-order valence-electron chi connectivity index (χ2n) is 8.47. The molecule has 0 radical (unpaired) electrons. The monoisotopic (exact) mass is 454 g/mol. The third kappa shape index (κ3) is 5.67. The number of halogens is 2. The number of carboxylic acids is 1. The van der Waals surface area contributed by atoms with E-state index in [9.17, 15) is 14.4 Å². The molecule has 2 amide bonds. The van der Waals surface area contributed by atoms with Crippen LogP contribution in [0.4, 0.5) is 0 Å². The van der Waals surface area contributed by atoms with E-state index in [1.54, 1.807) is 4.90 Å². The second-order valence-corrected chi connectivity index (χ2v) is 9.29. The van der Waals surface area contributed by atoms with E-state index in [2.05, 4.69) is 5.32 Å². The van der Waals surface area contributed by atoms with Gasteiger partial charge in [0, 0.05) is 25.1 Å². The average Bonchev–Trinajstić information content (AvgIpc) is 2.73. The van der Waals surface area contributed by atoms with Crippen LogP contribution in [0.25, 0.3) is 0 Å². The fraction of sp³-hybridized carbons (Fsp3) is 0.591. The fourth-order valence-corrected chi connectivity index (χ4v) is 4.93. The van der Waals surface area contributed by atoms with Crippen molar-refractivity contribution in [1.29, 1.82) is 0 Å². The minimum atomic E-state index is -1.00. The SMILES string of the molecule is O=C(O)CC[C@@H](NC(=O)c1ccc(Cl)c(Cl)c1)C(=O)N1CCC2(CCCCC2)CC1. The van der Waals surface area contributed by atoms with Gasteiger partial charge in [0.05, 0.1) is 10.0 Å². The molecule has 1 atom stereocenters. The van der Waals surface area contributed by atoms with Gasteiger partial charge in [-0.3, -0.25) is 14.4 Å². The van der Waals surface area contributed by atoms with Crippen molar-refractivity contribution in [2.24, 2.45) is 5.41 Å². The van der Waals surface area contributed by atoms with Crippen LogP contribution >= 0.6 is 23.2 Å². The van der Waals surface area contributed by atoms with Gasteiger partial charge in [0.2, 0.25) is 5.91 Å². The maximum Gasteiger partial charge on any atom is 0.303 e. The lowest BCUT2D eigenvalue weighted by atomic mass is 9.68. The van der Waals surface area contributed by atoms with E-state index in [1.807, 2.05) is 0 Å². The molecule has 1 aromatic carbocycles. The molecule has 0 bridgehead atoms. The molecule has 2 N–H and O–H groups in total. The van der Waals surface area contributed by atoms with Crippen molar-refractivity contribution in [3.05, 3.63) is 33.8 Å². The number of nitrogens with zero attached hydrogens (tertiary/aromatic N) is 1. The molecule has 30 heavy (non-hydrogen) atoms. The maximum absolute atomic E-state index is 13.1. The zero-order chi connectivity index (χ0) is 21.7. The van der Waals surface area contributed by atoms with Crippen molar-refractivity contribution >= 4 is 41.0 Å². The molecule has 164 valence electrons. The van der Waals surface area contributed by atoms with E-state index < -0.39 is 17.9 Å². The molecular weight excluding hydrogens is 427 g/mol. The van der Waals surface area contributed by atoms with Crippen molar-refractivity contribution in [3.8, 4) is 0 Å². The highest BCUT2D eigenvalue weighted by atomic mass is 35.5. The molecule has 1 aliphatic heterocycles. The number of hydrogen-bond donors (Lipinski definition) is 2. The normalized spacial score (nSPS) is 19.3. The number of rotatable bonds is 6. The Bertz CT molecular complexity index is 798. The lowest BCUT2D eigenvalue weighted by molar-refractivity contribution is -0.138. The Morgan fingerprint density at radius 1 is 1.03 bits per heavy atom. The molecule has 1 saturated carbocycles. The molecule has 3 rings (SSSR count). The summed E-state index contributed by atoms with van der Waals surface area (Å²) in [7, 11) is 0. The lowest BCUT2D eigenvalue weighted by Gasteiger charge is -2.45. The Kier molecular flexibility index (Phi) is 7.64. The van der Waals surface area contributed by atoms with Gasteiger partial charge < -0.3 is 15.3 Å². The van der Waals surface area contributed by atoms with Crippen LogP contribution in [-0.4, -0.2) is 46.9 Å². The quantitative estimate of drug-likeness (QED) is 0.660. The summed E-state index contributed by atoms with van der Waals surface area (Å²) in [4.78, 5) is 38.7. The number of carboxylic acid groups (broad SMARTS) is 1. The van der Waals surface area contributed by atoms with Gasteiger partial charge in [-0.05, 0) is 55.7 Å². The van der Waals surface area contributed by atoms with Crippen molar-refractivity contribution in [3.63, 3.8) is 0 Å². The van der Waals surface area contributed by atoms with Crippen LogP contribution in [0.1, 0.15) is 68.1 Å². The summed E-state index contributed by atoms with van der Waals surface area (Å²) in [6.07, 6.45) is 8.07. The predicted octanol–water partition coefficient (Wildman–Crippen LogP) is 4.53. The standard InChI is InChI=1S/C22H28Cl2N2O4/c23-16-5-4-15(14-17(16)24)20(29)25-18(6-7-19(27)28)21(30)26-12-10-22(11-13-26)8-2-1-3-9-22/h4-5,14,18H,1-3,6-13H2,(H,25,29)(H,27,28)/t18-/m1/s1. The summed E-state index contributed by atoms with van der Waals surface area (Å²) < 4.78 is 0. The summed E-state index contributed by atoms with van der Waals surface area (Å²) in [5.41, 5.74) is 0.631. The molecule has 0 aromatic heterocycles. The Labute approximate surface area is 186 Å². The van der Waals surface area contributed by atoms with Gasteiger partial charge in [0.1, 0.15) is 6.04 Å². The average molecular weight is 455 g/mol. The van der Waals surface area contributed by atoms with Crippen LogP contribution in [0, 0.1) is 5.41 Å². The van der Waals surface area contributed by atoms with E-state index in [0.29, 0.717) is 23.5 Å². The Hall–Kier alpha value is -1.79. The van der Waals surface area contributed by atoms with Crippen LogP contribution in [0.5, 0.6) is 0 Å². The van der Waals surface area contributed by atoms with E-state index in [0.717, 1.165) is 12.8 Å². The summed E-state index contributed by atoms with van der Waals surface area (Å²) in [6, 6.07) is 3.59. The number of nitrogens with one attached hydrogen (secondary N) is 1. The number of aliphatic carboxylic acids is 1. The van der Waals surface area contributed by atoms with Crippen molar-refractivity contribution < 1.29 is 19.5 Å². The summed E-state index contributed by atoms with van der Waals surface area (Å²) in [5, 5.41) is 12.3. The molecule has 2 aliphatic rings. The van der Waals surface area contributed by atoms with Gasteiger partial charge in [-0.2, -0.15) is 0 Å². The van der Waals surface area contributed by atoms with E-state index in [4.69, 9.17) is 28.3 Å². The van der Waals surface area contributed by atoms with Crippen molar-refractivity contribution in [1.82, 2.24) is 10.2 Å². The molecule has 1 aliphatic carbocycles. The first kappa shape index (κ1) is 22.9. The highest BCUT2D eigenvalue weighted by molar-refractivity contribution is 6.42. The fourth-order valence-electron chi connectivity index (χ4n) is 4.63. The second kappa shape index (κ2) is 10.0. The summed E-state index contributed by atoms with van der Waals surface area (Å²) >= 11 is 11.9. The number of benzene rings is 1. The zero-order valence-corrected chi connectivity index (χ0v) is 18.5. The van der Waals surface area contributed by atoms with Gasteiger partial charge in [-0.1, -0.05) is 42.5 Å². The van der Waals surface area contributed by atoms with Gasteiger partial charge in [-0.25, -0.2) is 0 Å². The van der Waals surface area contributed by atoms with E-state index >= 15 is 0 Å². The number of piperidine rings is 1. The predicted molar refractivity (Wildman–Crippen MR) is 116 cm³/mol. The largest absolute Gasteiger partial charge is 0.481 e. The van der Waals surface area contributed by atoms with Gasteiger partial charge in [-0.15, -0.1) is 0 Å². The molecule has 8 heteroatoms. The highest BCUT2D eigenvalue weighted by Gasteiger charge is 2.38. The van der Waals surface area contributed by atoms with Gasteiger partial charge >= 0.3 is 5.97 Å². The van der Waals surface area contributed by atoms with E-state index in [1.165, 1.54) is 50.3 Å². The minimum Gasteiger partial charge on any atom is -0.481 e. The van der Waals surface area contributed by atoms with Crippen LogP contribution in [0.15, 0.2) is 18.2 Å². The van der Waals surface area contributed by atoms with Gasteiger partial charge in [0.15, 0.2) is 0 Å². The molecule has 1 aromatic rings. The van der Waals surface area contributed by atoms with Crippen LogP contribution in [0.2, 0.25) is 10.0 Å². The number of amides is 2. The van der Waals surface area contributed by atoms with Crippen molar-refractivity contribution in [2.75, 3.05) is 13.1 Å². The van der Waals surface area contributed by atoms with E-state index in [-0.39, 0.29) is 29.3 Å². The number of carbonyl (C=O) groups is 3. The topological polar surface area (TPSA) is 86.7 Å². The number of hydrogen-bond acceptors (Lipinski definition) is 3. The van der Waals surface area contributed by atoms with Gasteiger partial charge in [0.25, 0.3) is 5.91 Å². The smallest absolute Gasteiger partial charge is 0.303 e. The third-order valence-electron chi connectivity index (χ3n) is 6.48. The highest BCUT2D eigenvalue weighted by Crippen LogP contribution is 2.44. The molecule has 2 fully saturated rings.